The van der Waals surface area contributed by atoms with Gasteiger partial charge in [0.25, 0.3) is 20.9 Å². The van der Waals surface area contributed by atoms with E-state index >= 15 is 0 Å². The van der Waals surface area contributed by atoms with Gasteiger partial charge in [-0.25, -0.2) is 8.42 Å². The highest BCUT2D eigenvalue weighted by molar-refractivity contribution is 7.89. The molecule has 0 amide bonds. The van der Waals surface area contributed by atoms with E-state index in [1.54, 1.807) is 0 Å². The molecule has 0 bridgehead atoms. The van der Waals surface area contributed by atoms with E-state index in [1.807, 2.05) is 13.0 Å². The molecule has 1 atom stereocenters. The minimum absolute atomic E-state index is 0.0372. The molecule has 0 saturated heterocycles. The van der Waals surface area contributed by atoms with E-state index in [4.69, 9.17) is 16.9 Å². The topological polar surface area (TPSA) is 149 Å². The van der Waals surface area contributed by atoms with E-state index in [2.05, 4.69) is 15.5 Å². The molecule has 0 unspecified atom stereocenters. The lowest BCUT2D eigenvalue weighted by atomic mass is 10.1. The van der Waals surface area contributed by atoms with Gasteiger partial charge in [-0.15, -0.1) is 0 Å². The van der Waals surface area contributed by atoms with Crippen molar-refractivity contribution in [2.45, 2.75) is 30.7 Å². The summed E-state index contributed by atoms with van der Waals surface area (Å²) in [6.45, 7) is 1.81. The summed E-state index contributed by atoms with van der Waals surface area (Å²) in [5, 5.41) is 24.5. The number of halogens is 1. The van der Waals surface area contributed by atoms with Crippen molar-refractivity contribution in [3.8, 4) is 11.8 Å². The maximum atomic E-state index is 12.5. The number of nitriles is 1. The van der Waals surface area contributed by atoms with Crippen LogP contribution in [0, 0.1) is 11.3 Å². The predicted octanol–water partition coefficient (Wildman–Crippen LogP) is 1.67. The van der Waals surface area contributed by atoms with E-state index in [-0.39, 0.29) is 34.5 Å². The molecule has 0 aliphatic heterocycles. The highest BCUT2D eigenvalue weighted by Crippen LogP contribution is 2.39. The number of benzene rings is 1. The number of nitrogens with one attached hydrogen (secondary N) is 2. The van der Waals surface area contributed by atoms with Crippen molar-refractivity contribution in [2.75, 3.05) is 24.8 Å². The molecule has 2 aromatic carbocycles. The van der Waals surface area contributed by atoms with Crippen LogP contribution in [0.15, 0.2) is 26.6 Å². The Bertz CT molecular complexity index is 1130. The Labute approximate surface area is 172 Å². The average Bonchev–Trinajstić information content (AvgIpc) is 2.69. The molecular formula is C17H19ClN4O6S. The van der Waals surface area contributed by atoms with Gasteiger partial charge in [-0.1, -0.05) is 23.0 Å². The number of hydrogen-bond donors (Lipinski definition) is 3. The molecule has 3 N–H and O–H groups in total. The lowest BCUT2D eigenvalue weighted by Crippen LogP contribution is -2.39. The standard InChI is InChI=1S/C17H19ClN4O6S/c1-4-9(7-8-19)20-12-13(16(25)15(12)24)21-11-6-5-10(18)17(14(11)23)29(26,27)22(2)28-3/h5-6,9,20-21,23H,4,7H2,1-3H3/t9-/m0/s1. The van der Waals surface area contributed by atoms with Gasteiger partial charge >= 0.3 is 0 Å². The van der Waals surface area contributed by atoms with Crippen LogP contribution in [0.4, 0.5) is 17.1 Å². The van der Waals surface area contributed by atoms with Crippen LogP contribution in [-0.2, 0) is 14.9 Å². The molecule has 0 aliphatic rings. The second kappa shape index (κ2) is 8.79. The third-order valence-electron chi connectivity index (χ3n) is 4.29. The van der Waals surface area contributed by atoms with Crippen LogP contribution in [0.1, 0.15) is 19.8 Å². The third-order valence-corrected chi connectivity index (χ3v) is 6.47. The minimum Gasteiger partial charge on any atom is -0.504 e. The van der Waals surface area contributed by atoms with Crippen LogP contribution in [0.2, 0.25) is 5.02 Å². The summed E-state index contributed by atoms with van der Waals surface area (Å²) in [7, 11) is -2.06. The first-order valence-corrected chi connectivity index (χ1v) is 10.2. The summed E-state index contributed by atoms with van der Waals surface area (Å²) in [6.07, 6.45) is 0.649. The normalized spacial score (nSPS) is 12.7. The lowest BCUT2D eigenvalue weighted by Gasteiger charge is -2.21. The van der Waals surface area contributed by atoms with Crippen LogP contribution in [0.25, 0.3) is 0 Å². The monoisotopic (exact) mass is 442 g/mol. The molecule has 2 rings (SSSR count). The Hall–Kier alpha value is -2.65. The number of hydrogen-bond acceptors (Lipinski definition) is 9. The fourth-order valence-corrected chi connectivity index (χ4v) is 4.08. The Morgan fingerprint density at radius 3 is 2.48 bits per heavy atom. The number of aromatic hydroxyl groups is 1. The van der Waals surface area contributed by atoms with E-state index in [9.17, 15) is 23.1 Å². The minimum atomic E-state index is -4.30. The fraction of sp³-hybridized carbons (Fsp3) is 0.353. The number of nitrogens with zero attached hydrogens (tertiary/aromatic N) is 2. The van der Waals surface area contributed by atoms with Gasteiger partial charge < -0.3 is 15.7 Å². The molecule has 10 nitrogen and oxygen atoms in total. The van der Waals surface area contributed by atoms with Gasteiger partial charge in [0.1, 0.15) is 16.3 Å². The van der Waals surface area contributed by atoms with Gasteiger partial charge in [-0.2, -0.15) is 5.26 Å². The van der Waals surface area contributed by atoms with Gasteiger partial charge in [0.2, 0.25) is 0 Å². The van der Waals surface area contributed by atoms with Crippen molar-refractivity contribution in [3.63, 3.8) is 0 Å². The van der Waals surface area contributed by atoms with Gasteiger partial charge in [0.05, 0.1) is 30.3 Å². The van der Waals surface area contributed by atoms with E-state index < -0.39 is 31.5 Å². The average molecular weight is 443 g/mol. The van der Waals surface area contributed by atoms with Crippen LogP contribution in [0.3, 0.4) is 0 Å². The second-order valence-corrected chi connectivity index (χ2v) is 8.29. The Morgan fingerprint density at radius 2 is 1.93 bits per heavy atom. The predicted molar refractivity (Wildman–Crippen MR) is 108 cm³/mol. The van der Waals surface area contributed by atoms with Gasteiger partial charge in [-0.05, 0) is 18.6 Å². The van der Waals surface area contributed by atoms with E-state index in [0.717, 1.165) is 14.2 Å². The highest BCUT2D eigenvalue weighted by Gasteiger charge is 2.30. The zero-order chi connectivity index (χ0) is 21.9. The molecule has 0 fully saturated rings. The summed E-state index contributed by atoms with van der Waals surface area (Å²) in [5.74, 6) is -0.746. The first-order chi connectivity index (χ1) is 13.6. The van der Waals surface area contributed by atoms with Crippen molar-refractivity contribution < 1.29 is 18.4 Å². The molecular weight excluding hydrogens is 424 g/mol. The van der Waals surface area contributed by atoms with Crippen LogP contribution < -0.4 is 21.5 Å². The molecule has 0 heterocycles. The van der Waals surface area contributed by atoms with Crippen LogP contribution >= 0.6 is 11.6 Å². The van der Waals surface area contributed by atoms with Gasteiger partial charge in [0.15, 0.2) is 5.75 Å². The Balaban J connectivity index is 2.47. The largest absolute Gasteiger partial charge is 0.504 e. The van der Waals surface area contributed by atoms with Gasteiger partial charge in [-0.3, -0.25) is 14.4 Å². The Morgan fingerprint density at radius 1 is 1.31 bits per heavy atom. The van der Waals surface area contributed by atoms with E-state index in [0.29, 0.717) is 10.9 Å². The summed E-state index contributed by atoms with van der Waals surface area (Å²) >= 11 is 5.95. The smallest absolute Gasteiger partial charge is 0.269 e. The Kier molecular flexibility index (Phi) is 6.86. The van der Waals surface area contributed by atoms with Gasteiger partial charge in [0, 0.05) is 13.1 Å². The number of sulfonamides is 1. The molecule has 0 aromatic heterocycles. The number of anilines is 3. The highest BCUT2D eigenvalue weighted by atomic mass is 35.5. The summed E-state index contributed by atoms with van der Waals surface area (Å²) in [6, 6.07) is 4.10. The second-order valence-electron chi connectivity index (χ2n) is 6.01. The molecule has 2 aromatic rings. The van der Waals surface area contributed by atoms with Crippen molar-refractivity contribution in [1.82, 2.24) is 4.47 Å². The summed E-state index contributed by atoms with van der Waals surface area (Å²) in [4.78, 5) is 27.9. The number of phenolic OH excluding ortho intramolecular Hbond substituents is 1. The van der Waals surface area contributed by atoms with Crippen molar-refractivity contribution in [1.29, 1.82) is 5.26 Å². The van der Waals surface area contributed by atoms with Crippen molar-refractivity contribution in [2.24, 2.45) is 0 Å². The van der Waals surface area contributed by atoms with Crippen LogP contribution in [0.5, 0.6) is 5.75 Å². The quantitative estimate of drug-likeness (QED) is 0.299. The first kappa shape index (κ1) is 22.6. The summed E-state index contributed by atoms with van der Waals surface area (Å²) < 4.78 is 25.5. The number of rotatable bonds is 9. The van der Waals surface area contributed by atoms with E-state index in [1.165, 1.54) is 12.1 Å². The molecule has 0 saturated carbocycles. The zero-order valence-electron chi connectivity index (χ0n) is 15.8. The first-order valence-electron chi connectivity index (χ1n) is 8.38. The molecule has 156 valence electrons. The zero-order valence-corrected chi connectivity index (χ0v) is 17.4. The molecule has 0 spiro atoms. The van der Waals surface area contributed by atoms with Crippen molar-refractivity contribution >= 4 is 38.7 Å². The maximum Gasteiger partial charge on any atom is 0.269 e. The molecule has 29 heavy (non-hydrogen) atoms. The lowest BCUT2D eigenvalue weighted by molar-refractivity contribution is -0.0259. The summed E-state index contributed by atoms with van der Waals surface area (Å²) in [5.41, 5.74) is -1.95. The van der Waals surface area contributed by atoms with Crippen LogP contribution in [-0.4, -0.2) is 38.2 Å². The molecule has 12 heteroatoms. The maximum absolute atomic E-state index is 12.5. The van der Waals surface area contributed by atoms with Crippen molar-refractivity contribution in [3.05, 3.63) is 37.6 Å². The SMILES string of the molecule is CC[C@@H](CC#N)Nc1c(Nc2ccc(Cl)c(S(=O)(=O)N(C)OC)c2O)c(=O)c1=O. The molecule has 0 radical (unpaired) electrons. The number of hydroxylamine groups is 1. The molecule has 0 aliphatic carbocycles. The fourth-order valence-electron chi connectivity index (χ4n) is 2.51. The third kappa shape index (κ3) is 4.20. The number of phenols is 1.